The molecule has 3 aliphatic rings. The van der Waals surface area contributed by atoms with Crippen LogP contribution >= 0.6 is 22.9 Å². The van der Waals surface area contributed by atoms with E-state index in [2.05, 4.69) is 15.2 Å². The predicted octanol–water partition coefficient (Wildman–Crippen LogP) is 4.17. The van der Waals surface area contributed by atoms with E-state index in [1.54, 1.807) is 36.2 Å². The van der Waals surface area contributed by atoms with Crippen molar-refractivity contribution in [1.29, 1.82) is 0 Å². The lowest BCUT2D eigenvalue weighted by Crippen LogP contribution is -2.53. The fourth-order valence-corrected chi connectivity index (χ4v) is 6.66. The van der Waals surface area contributed by atoms with Gasteiger partial charge in [-0.25, -0.2) is 23.8 Å². The van der Waals surface area contributed by atoms with Crippen LogP contribution in [-0.4, -0.2) is 89.1 Å². The number of nitrogens with zero attached hydrogens (tertiary/aromatic N) is 5. The summed E-state index contributed by atoms with van der Waals surface area (Å²) in [5, 5.41) is 15.5. The van der Waals surface area contributed by atoms with Crippen LogP contribution in [0.5, 0.6) is 0 Å². The first-order valence-corrected chi connectivity index (χ1v) is 15.2. The molecule has 14 heteroatoms. The molecule has 4 heterocycles. The Morgan fingerprint density at radius 3 is 2.75 bits per heavy atom. The number of carbonyl (C=O) groups excluding carboxylic acids is 2. The Kier molecular flexibility index (Phi) is 8.34. The second-order valence-electron chi connectivity index (χ2n) is 10.4. The number of halogens is 2. The maximum Gasteiger partial charge on any atom is 0.338 e. The van der Waals surface area contributed by atoms with Crippen molar-refractivity contribution in [2.24, 2.45) is 4.99 Å². The number of aromatic nitrogens is 1. The number of fused-ring (bicyclic) bond motifs is 1. The number of carboxylic acids is 1. The fraction of sp³-hybridized carbons (Fsp3) is 0.300. The Balaban J connectivity index is 1.32. The zero-order valence-electron chi connectivity index (χ0n) is 23.6. The Labute approximate surface area is 261 Å². The van der Waals surface area contributed by atoms with Crippen LogP contribution in [0.4, 0.5) is 14.9 Å². The van der Waals surface area contributed by atoms with Crippen LogP contribution in [0.2, 0.25) is 5.02 Å². The average molecular weight is 639 g/mol. The molecule has 2 fully saturated rings. The number of esters is 1. The summed E-state index contributed by atoms with van der Waals surface area (Å²) in [6.45, 7) is 3.85. The zero-order valence-corrected chi connectivity index (χ0v) is 25.1. The molecule has 3 aliphatic heterocycles. The molecule has 44 heavy (non-hydrogen) atoms. The lowest BCUT2D eigenvalue weighted by atomic mass is 9.95. The molecule has 2 atom stereocenters. The van der Waals surface area contributed by atoms with Crippen LogP contribution in [0, 0.1) is 5.82 Å². The summed E-state index contributed by atoms with van der Waals surface area (Å²) in [5.41, 5.74) is 1.66. The van der Waals surface area contributed by atoms with Crippen LogP contribution in [-0.2, 0) is 9.53 Å². The molecule has 0 bridgehead atoms. The Hall–Kier alpha value is -4.33. The van der Waals surface area contributed by atoms with Gasteiger partial charge in [0, 0.05) is 60.6 Å². The number of piperazine rings is 1. The van der Waals surface area contributed by atoms with Crippen molar-refractivity contribution in [2.75, 3.05) is 44.2 Å². The number of ether oxygens (including phenoxy) is 1. The average Bonchev–Trinajstić information content (AvgIpc) is 3.65. The van der Waals surface area contributed by atoms with Gasteiger partial charge < -0.3 is 20.1 Å². The minimum atomic E-state index is -1.10. The van der Waals surface area contributed by atoms with Gasteiger partial charge in [0.2, 0.25) is 0 Å². The minimum Gasteiger partial charge on any atom is -0.478 e. The Morgan fingerprint density at radius 2 is 2.02 bits per heavy atom. The summed E-state index contributed by atoms with van der Waals surface area (Å²) in [5.74, 6) is -1.74. The Morgan fingerprint density at radius 1 is 1.20 bits per heavy atom. The molecule has 228 valence electrons. The summed E-state index contributed by atoms with van der Waals surface area (Å²) in [6, 6.07) is 9.11. The molecule has 11 nitrogen and oxygen atoms in total. The molecule has 0 spiro atoms. The number of hydrogen-bond acceptors (Lipinski definition) is 9. The van der Waals surface area contributed by atoms with Crippen molar-refractivity contribution in [3.8, 4) is 0 Å². The van der Waals surface area contributed by atoms with Crippen molar-refractivity contribution in [3.05, 3.63) is 92.3 Å². The highest BCUT2D eigenvalue weighted by atomic mass is 35.5. The third-order valence-corrected chi connectivity index (χ3v) is 8.86. The predicted molar refractivity (Wildman–Crippen MR) is 163 cm³/mol. The van der Waals surface area contributed by atoms with E-state index in [1.807, 2.05) is 5.38 Å². The highest BCUT2D eigenvalue weighted by Gasteiger charge is 2.43. The molecule has 1 aromatic heterocycles. The van der Waals surface area contributed by atoms with Crippen molar-refractivity contribution in [2.45, 2.75) is 19.0 Å². The molecule has 0 saturated carbocycles. The number of anilines is 1. The van der Waals surface area contributed by atoms with Gasteiger partial charge in [-0.3, -0.25) is 14.8 Å². The van der Waals surface area contributed by atoms with E-state index in [1.165, 1.54) is 40.5 Å². The third-order valence-electron chi connectivity index (χ3n) is 7.76. The maximum atomic E-state index is 14.0. The lowest BCUT2D eigenvalue weighted by molar-refractivity contribution is -0.139. The molecule has 2 saturated heterocycles. The largest absolute Gasteiger partial charge is 0.478 e. The minimum absolute atomic E-state index is 0.0627. The molecular formula is C30H28ClFN6O5S. The standard InChI is InChI=1S/C30H28ClFN6O5S/c1-2-43-29(41)24-22(34-26(27-33-9-12-44-27)35-25(24)19-8-7-17(32)13-21(19)31)16-36-10-11-37-18(14-36)15-38(30(37)42)23-6-4-3-5-20(23)28(39)40/h3-9,12-13,18,25H,2,10-11,14-16H2,1H3,(H,34,35)(H,39,40)/t18-,25-/m0/s1. The zero-order chi connectivity index (χ0) is 31.0. The van der Waals surface area contributed by atoms with Gasteiger partial charge in [0.1, 0.15) is 11.9 Å². The number of urea groups is 1. The number of aromatic carboxylic acids is 1. The second kappa shape index (κ2) is 12.3. The number of hydrogen-bond donors (Lipinski definition) is 2. The van der Waals surface area contributed by atoms with E-state index < -0.39 is 23.8 Å². The number of aliphatic imine (C=N–C) groups is 1. The maximum absolute atomic E-state index is 14.0. The van der Waals surface area contributed by atoms with Gasteiger partial charge in [0.15, 0.2) is 10.8 Å². The molecule has 0 unspecified atom stereocenters. The summed E-state index contributed by atoms with van der Waals surface area (Å²) in [6.07, 6.45) is 1.65. The highest BCUT2D eigenvalue weighted by Crippen LogP contribution is 2.37. The SMILES string of the molecule is CCOC(=O)C1=C(CN2CCN3C(=O)N(c4ccccc4C(=O)O)C[C@@H]3C2)NC(c2nccs2)=N[C@H]1c1ccc(F)cc1Cl. The van der Waals surface area contributed by atoms with Gasteiger partial charge in [0.25, 0.3) is 0 Å². The number of carbonyl (C=O) groups is 3. The van der Waals surface area contributed by atoms with Gasteiger partial charge in [-0.2, -0.15) is 0 Å². The van der Waals surface area contributed by atoms with Crippen LogP contribution in [0.15, 0.2) is 70.3 Å². The molecule has 2 amide bonds. The second-order valence-corrected chi connectivity index (χ2v) is 11.7. The Bertz CT molecular complexity index is 1680. The molecule has 2 N–H and O–H groups in total. The summed E-state index contributed by atoms with van der Waals surface area (Å²) in [7, 11) is 0. The topological polar surface area (TPSA) is 128 Å². The van der Waals surface area contributed by atoms with Gasteiger partial charge in [-0.15, -0.1) is 11.3 Å². The van der Waals surface area contributed by atoms with Crippen molar-refractivity contribution < 1.29 is 28.6 Å². The first-order valence-electron chi connectivity index (χ1n) is 14.0. The van der Waals surface area contributed by atoms with E-state index in [-0.39, 0.29) is 41.4 Å². The smallest absolute Gasteiger partial charge is 0.338 e. The van der Waals surface area contributed by atoms with Gasteiger partial charge >= 0.3 is 18.0 Å². The number of rotatable bonds is 8. The number of benzene rings is 2. The first-order chi connectivity index (χ1) is 21.2. The number of carboxylic acid groups (broad SMARTS) is 1. The first kappa shape index (κ1) is 29.7. The molecule has 6 rings (SSSR count). The number of para-hydroxylation sites is 1. The van der Waals surface area contributed by atoms with E-state index >= 15 is 0 Å². The summed E-state index contributed by atoms with van der Waals surface area (Å²) < 4.78 is 19.5. The van der Waals surface area contributed by atoms with E-state index in [0.717, 1.165) is 0 Å². The normalized spacial score (nSPS) is 20.3. The van der Waals surface area contributed by atoms with Gasteiger partial charge in [-0.1, -0.05) is 29.8 Å². The molecule has 0 aliphatic carbocycles. The van der Waals surface area contributed by atoms with E-state index in [9.17, 15) is 23.9 Å². The summed E-state index contributed by atoms with van der Waals surface area (Å²) in [4.78, 5) is 53.2. The third kappa shape index (κ3) is 5.65. The number of nitrogens with one attached hydrogen (secondary N) is 1. The number of amidine groups is 1. The van der Waals surface area contributed by atoms with E-state index in [0.29, 0.717) is 54.0 Å². The quantitative estimate of drug-likeness (QED) is 0.352. The van der Waals surface area contributed by atoms with Gasteiger partial charge in [-0.05, 0) is 31.2 Å². The molecule has 2 aromatic carbocycles. The van der Waals surface area contributed by atoms with Crippen LogP contribution in [0.25, 0.3) is 0 Å². The van der Waals surface area contributed by atoms with Crippen LogP contribution in [0.3, 0.4) is 0 Å². The fourth-order valence-electron chi connectivity index (χ4n) is 5.80. The van der Waals surface area contributed by atoms with E-state index in [4.69, 9.17) is 21.3 Å². The highest BCUT2D eigenvalue weighted by molar-refractivity contribution is 7.11. The molecule has 3 aromatic rings. The van der Waals surface area contributed by atoms with Crippen molar-refractivity contribution in [3.63, 3.8) is 0 Å². The number of thiazole rings is 1. The molecule has 0 radical (unpaired) electrons. The van der Waals surface area contributed by atoms with Gasteiger partial charge in [0.05, 0.1) is 29.5 Å². The number of amides is 2. The van der Waals surface area contributed by atoms with Crippen molar-refractivity contribution in [1.82, 2.24) is 20.1 Å². The van der Waals surface area contributed by atoms with Crippen molar-refractivity contribution >= 4 is 52.4 Å². The van der Waals surface area contributed by atoms with Crippen LogP contribution in [0.1, 0.15) is 33.9 Å². The van der Waals surface area contributed by atoms with Crippen LogP contribution < -0.4 is 10.2 Å². The lowest BCUT2D eigenvalue weighted by Gasteiger charge is -2.38. The molecular weight excluding hydrogens is 611 g/mol. The summed E-state index contributed by atoms with van der Waals surface area (Å²) >= 11 is 7.86. The monoisotopic (exact) mass is 638 g/mol.